The first-order chi connectivity index (χ1) is 13.0. The van der Waals surface area contributed by atoms with E-state index in [-0.39, 0.29) is 22.8 Å². The first-order valence-corrected chi connectivity index (χ1v) is 12.5. The Balaban J connectivity index is 2.00. The zero-order valence-electron chi connectivity index (χ0n) is 16.8. The van der Waals surface area contributed by atoms with Gasteiger partial charge in [0.25, 0.3) is 10.2 Å². The largest absolute Gasteiger partial charge is 0.349 e. The van der Waals surface area contributed by atoms with Crippen LogP contribution in [-0.2, 0) is 24.8 Å². The highest BCUT2D eigenvalue weighted by molar-refractivity contribution is 7.90. The van der Waals surface area contributed by atoms with Gasteiger partial charge in [-0.15, -0.1) is 0 Å². The second-order valence-corrected chi connectivity index (χ2v) is 11.4. The smallest absolute Gasteiger partial charge is 0.281 e. The minimum absolute atomic E-state index is 0.0964. The molecule has 0 aliphatic carbocycles. The van der Waals surface area contributed by atoms with Gasteiger partial charge in [-0.2, -0.15) is 17.0 Å². The molecule has 1 atom stereocenters. The number of nitrogens with zero attached hydrogens (tertiary/aromatic N) is 2. The van der Waals surface area contributed by atoms with Crippen LogP contribution in [0.5, 0.6) is 0 Å². The van der Waals surface area contributed by atoms with Gasteiger partial charge in [0, 0.05) is 39.4 Å². The highest BCUT2D eigenvalue weighted by Crippen LogP contribution is 2.24. The van der Waals surface area contributed by atoms with Gasteiger partial charge in [0.05, 0.1) is 10.9 Å². The van der Waals surface area contributed by atoms with Gasteiger partial charge in [-0.3, -0.25) is 4.79 Å². The van der Waals surface area contributed by atoms with E-state index >= 15 is 0 Å². The van der Waals surface area contributed by atoms with Crippen LogP contribution in [0.3, 0.4) is 0 Å². The lowest BCUT2D eigenvalue weighted by molar-refractivity contribution is -0.126. The normalized spacial score (nSPS) is 18.2. The Kier molecular flexibility index (Phi) is 7.24. The zero-order chi connectivity index (χ0) is 21.1. The van der Waals surface area contributed by atoms with E-state index in [2.05, 4.69) is 5.32 Å². The van der Waals surface area contributed by atoms with Gasteiger partial charge in [0.2, 0.25) is 5.91 Å². The molecule has 0 spiro atoms. The number of carbonyl (C=O) groups is 1. The van der Waals surface area contributed by atoms with E-state index < -0.39 is 20.0 Å². The van der Waals surface area contributed by atoms with E-state index in [1.807, 2.05) is 6.92 Å². The Morgan fingerprint density at radius 3 is 2.11 bits per heavy atom. The maximum Gasteiger partial charge on any atom is 0.281 e. The molecule has 28 heavy (non-hydrogen) atoms. The van der Waals surface area contributed by atoms with Gasteiger partial charge in [-0.05, 0) is 37.0 Å². The third kappa shape index (κ3) is 5.31. The summed E-state index contributed by atoms with van der Waals surface area (Å²) >= 11 is 0. The minimum Gasteiger partial charge on any atom is -0.349 e. The van der Waals surface area contributed by atoms with Crippen LogP contribution in [0.2, 0.25) is 0 Å². The Morgan fingerprint density at radius 2 is 1.68 bits per heavy atom. The molecule has 10 heteroatoms. The molecule has 158 valence electrons. The standard InChI is InChI=1S/C18H29N3O5S2/c1-5-17(14-6-8-16(9-7-14)27(4,23)24)19-18(22)15-10-12-21(13-11-15)28(25,26)20(2)3/h6-9,15,17H,5,10-13H2,1-4H3,(H,19,22)/t17-/m1/s1. The summed E-state index contributed by atoms with van der Waals surface area (Å²) < 4.78 is 50.1. The lowest BCUT2D eigenvalue weighted by Gasteiger charge is -2.32. The lowest BCUT2D eigenvalue weighted by Crippen LogP contribution is -2.47. The Morgan fingerprint density at radius 1 is 1.14 bits per heavy atom. The van der Waals surface area contributed by atoms with Gasteiger partial charge < -0.3 is 5.32 Å². The number of sulfone groups is 1. The fourth-order valence-corrected chi connectivity index (χ4v) is 5.00. The van der Waals surface area contributed by atoms with Crippen LogP contribution in [0.25, 0.3) is 0 Å². The van der Waals surface area contributed by atoms with Crippen molar-refractivity contribution in [2.45, 2.75) is 37.1 Å². The van der Waals surface area contributed by atoms with Crippen LogP contribution >= 0.6 is 0 Å². The summed E-state index contributed by atoms with van der Waals surface area (Å²) in [4.78, 5) is 12.9. The molecule has 0 aromatic heterocycles. The fourth-order valence-electron chi connectivity index (χ4n) is 3.24. The van der Waals surface area contributed by atoms with Crippen LogP contribution in [0.4, 0.5) is 0 Å². The Labute approximate surface area is 168 Å². The van der Waals surface area contributed by atoms with Crippen LogP contribution in [0.15, 0.2) is 29.2 Å². The molecule has 1 aliphatic heterocycles. The Bertz CT molecular complexity index is 888. The molecule has 1 heterocycles. The summed E-state index contributed by atoms with van der Waals surface area (Å²) in [5.74, 6) is -0.334. The summed E-state index contributed by atoms with van der Waals surface area (Å²) in [5, 5.41) is 3.02. The summed E-state index contributed by atoms with van der Waals surface area (Å²) in [6, 6.07) is 6.31. The van der Waals surface area contributed by atoms with Gasteiger partial charge in [0.15, 0.2) is 9.84 Å². The second kappa shape index (κ2) is 8.89. The molecule has 2 rings (SSSR count). The molecule has 0 saturated carbocycles. The molecule has 1 aromatic rings. The minimum atomic E-state index is -3.45. The monoisotopic (exact) mass is 431 g/mol. The topological polar surface area (TPSA) is 104 Å². The van der Waals surface area contributed by atoms with Crippen molar-refractivity contribution in [3.05, 3.63) is 29.8 Å². The molecule has 8 nitrogen and oxygen atoms in total. The molecule has 0 bridgehead atoms. The summed E-state index contributed by atoms with van der Waals surface area (Å²) in [5.41, 5.74) is 0.843. The molecular formula is C18H29N3O5S2. The average Bonchev–Trinajstić information content (AvgIpc) is 2.65. The van der Waals surface area contributed by atoms with Gasteiger partial charge in [-0.1, -0.05) is 19.1 Å². The predicted molar refractivity (Wildman–Crippen MR) is 108 cm³/mol. The molecular weight excluding hydrogens is 402 g/mol. The van der Waals surface area contributed by atoms with Crippen molar-refractivity contribution in [2.75, 3.05) is 33.4 Å². The fraction of sp³-hybridized carbons (Fsp3) is 0.611. The number of carbonyl (C=O) groups excluding carboxylic acids is 1. The van der Waals surface area contributed by atoms with Crippen molar-refractivity contribution in [1.82, 2.24) is 13.9 Å². The summed E-state index contributed by atoms with van der Waals surface area (Å²) in [6.07, 6.45) is 2.77. The molecule has 0 unspecified atom stereocenters. The third-order valence-electron chi connectivity index (χ3n) is 5.05. The molecule has 1 aliphatic rings. The summed E-state index contributed by atoms with van der Waals surface area (Å²) in [6.45, 7) is 2.58. The van der Waals surface area contributed by atoms with Crippen molar-refractivity contribution >= 4 is 26.0 Å². The van der Waals surface area contributed by atoms with Crippen molar-refractivity contribution in [3.63, 3.8) is 0 Å². The van der Waals surface area contributed by atoms with E-state index in [1.54, 1.807) is 24.3 Å². The molecule has 1 aromatic carbocycles. The summed E-state index contributed by atoms with van der Waals surface area (Å²) in [7, 11) is -3.72. The van der Waals surface area contributed by atoms with Crippen molar-refractivity contribution in [3.8, 4) is 0 Å². The van der Waals surface area contributed by atoms with Crippen LogP contribution in [0, 0.1) is 5.92 Å². The number of hydrogen-bond donors (Lipinski definition) is 1. The van der Waals surface area contributed by atoms with E-state index in [0.29, 0.717) is 32.4 Å². The first kappa shape index (κ1) is 22.8. The molecule has 1 saturated heterocycles. The van der Waals surface area contributed by atoms with Crippen LogP contribution < -0.4 is 5.32 Å². The molecule has 1 fully saturated rings. The van der Waals surface area contributed by atoms with Crippen molar-refractivity contribution in [1.29, 1.82) is 0 Å². The quantitative estimate of drug-likeness (QED) is 0.698. The molecule has 1 amide bonds. The number of amides is 1. The van der Waals surface area contributed by atoms with Gasteiger partial charge in [0.1, 0.15) is 0 Å². The van der Waals surface area contributed by atoms with Crippen LogP contribution in [0.1, 0.15) is 37.8 Å². The maximum absolute atomic E-state index is 12.7. The number of hydrogen-bond acceptors (Lipinski definition) is 5. The first-order valence-electron chi connectivity index (χ1n) is 9.24. The number of rotatable bonds is 7. The number of piperidine rings is 1. The SMILES string of the molecule is CC[C@@H](NC(=O)C1CCN(S(=O)(=O)N(C)C)CC1)c1ccc(S(C)(=O)=O)cc1. The molecule has 0 radical (unpaired) electrons. The zero-order valence-corrected chi connectivity index (χ0v) is 18.4. The third-order valence-corrected chi connectivity index (χ3v) is 8.12. The Hall–Kier alpha value is -1.49. The van der Waals surface area contributed by atoms with Gasteiger partial charge in [-0.25, -0.2) is 8.42 Å². The number of nitrogens with one attached hydrogen (secondary N) is 1. The second-order valence-electron chi connectivity index (χ2n) is 7.27. The average molecular weight is 432 g/mol. The predicted octanol–water partition coefficient (Wildman–Crippen LogP) is 1.18. The van der Waals surface area contributed by atoms with E-state index in [9.17, 15) is 21.6 Å². The van der Waals surface area contributed by atoms with Crippen molar-refractivity contribution < 1.29 is 21.6 Å². The lowest BCUT2D eigenvalue weighted by atomic mass is 9.96. The van der Waals surface area contributed by atoms with E-state index in [0.717, 1.165) is 11.8 Å². The van der Waals surface area contributed by atoms with E-state index in [1.165, 1.54) is 22.7 Å². The van der Waals surface area contributed by atoms with Crippen LogP contribution in [-0.4, -0.2) is 64.8 Å². The van der Waals surface area contributed by atoms with Crippen molar-refractivity contribution in [2.24, 2.45) is 5.92 Å². The van der Waals surface area contributed by atoms with Gasteiger partial charge >= 0.3 is 0 Å². The van der Waals surface area contributed by atoms with E-state index in [4.69, 9.17) is 0 Å². The maximum atomic E-state index is 12.7. The highest BCUT2D eigenvalue weighted by Gasteiger charge is 2.32. The number of benzene rings is 1. The molecule has 1 N–H and O–H groups in total. The highest BCUT2D eigenvalue weighted by atomic mass is 32.2.